The fraction of sp³-hybridized carbons (Fsp3) is 0.406. The lowest BCUT2D eigenvalue weighted by Crippen LogP contribution is -1.97. The van der Waals surface area contributed by atoms with Gasteiger partial charge >= 0.3 is 5.97 Å². The summed E-state index contributed by atoms with van der Waals surface area (Å²) in [5.41, 5.74) is 5.81. The van der Waals surface area contributed by atoms with Crippen LogP contribution >= 0.6 is 0 Å². The maximum absolute atomic E-state index is 10.6. The van der Waals surface area contributed by atoms with Crippen LogP contribution in [-0.4, -0.2) is 11.1 Å². The topological polar surface area (TPSA) is 37.3 Å². The lowest BCUT2D eigenvalue weighted by atomic mass is 9.98. The number of aromatic carboxylic acids is 1. The molecule has 34 heavy (non-hydrogen) atoms. The zero-order valence-corrected chi connectivity index (χ0v) is 22.2. The lowest BCUT2D eigenvalue weighted by Gasteiger charge is -2.08. The molecule has 0 saturated carbocycles. The highest BCUT2D eigenvalue weighted by atomic mass is 16.4. The van der Waals surface area contributed by atoms with Crippen LogP contribution in [-0.2, 0) is 0 Å². The van der Waals surface area contributed by atoms with Gasteiger partial charge in [0, 0.05) is 0 Å². The Morgan fingerprint density at radius 2 is 0.971 bits per heavy atom. The molecule has 184 valence electrons. The van der Waals surface area contributed by atoms with E-state index in [0.717, 1.165) is 6.42 Å². The molecule has 3 aromatic carbocycles. The number of carboxylic acid groups (broad SMARTS) is 1. The molecule has 1 N–H and O–H groups in total. The predicted octanol–water partition coefficient (Wildman–Crippen LogP) is 9.61. The highest BCUT2D eigenvalue weighted by molar-refractivity contribution is 5.87. The Labute approximate surface area is 208 Å². The zero-order valence-electron chi connectivity index (χ0n) is 22.2. The van der Waals surface area contributed by atoms with Crippen molar-refractivity contribution >= 4 is 5.97 Å². The SMILES string of the molecule is CCC(C)c1ccc(C(=O)O)cc1.CCC(C)c1ccc(C)cc1.CCC(C)c1ccccc1. The lowest BCUT2D eigenvalue weighted by molar-refractivity contribution is 0.0697. The van der Waals surface area contributed by atoms with Gasteiger partial charge in [0.25, 0.3) is 0 Å². The summed E-state index contributed by atoms with van der Waals surface area (Å²) in [5.74, 6) is 1.05. The van der Waals surface area contributed by atoms with Crippen LogP contribution in [0.5, 0.6) is 0 Å². The Hall–Kier alpha value is -2.87. The second-order valence-corrected chi connectivity index (χ2v) is 9.18. The van der Waals surface area contributed by atoms with E-state index < -0.39 is 5.97 Å². The molecule has 0 radical (unpaired) electrons. The van der Waals surface area contributed by atoms with Gasteiger partial charge in [-0.3, -0.25) is 0 Å². The summed E-state index contributed by atoms with van der Waals surface area (Å²) in [5, 5.41) is 8.67. The van der Waals surface area contributed by atoms with Gasteiger partial charge in [-0.25, -0.2) is 4.79 Å². The van der Waals surface area contributed by atoms with Gasteiger partial charge in [0.2, 0.25) is 0 Å². The molecule has 0 bridgehead atoms. The van der Waals surface area contributed by atoms with E-state index in [1.54, 1.807) is 12.1 Å². The van der Waals surface area contributed by atoms with Crippen LogP contribution in [0.4, 0.5) is 0 Å². The van der Waals surface area contributed by atoms with E-state index in [2.05, 4.69) is 103 Å². The fourth-order valence-corrected chi connectivity index (χ4v) is 3.34. The Morgan fingerprint density at radius 1 is 0.618 bits per heavy atom. The van der Waals surface area contributed by atoms with Crippen molar-refractivity contribution < 1.29 is 9.90 Å². The number of benzene rings is 3. The average molecular weight is 461 g/mol. The summed E-state index contributed by atoms with van der Waals surface area (Å²) in [4.78, 5) is 10.6. The van der Waals surface area contributed by atoms with Crippen LogP contribution in [0, 0.1) is 6.92 Å². The largest absolute Gasteiger partial charge is 0.478 e. The first kappa shape index (κ1) is 29.2. The first-order valence-electron chi connectivity index (χ1n) is 12.7. The minimum Gasteiger partial charge on any atom is -0.478 e. The minimum atomic E-state index is -0.865. The van der Waals surface area contributed by atoms with Crippen molar-refractivity contribution in [1.82, 2.24) is 0 Å². The van der Waals surface area contributed by atoms with Crippen molar-refractivity contribution in [2.45, 2.75) is 85.5 Å². The minimum absolute atomic E-state index is 0.354. The van der Waals surface area contributed by atoms with Gasteiger partial charge in [-0.2, -0.15) is 0 Å². The van der Waals surface area contributed by atoms with Crippen molar-refractivity contribution in [3.05, 3.63) is 107 Å². The smallest absolute Gasteiger partial charge is 0.335 e. The maximum Gasteiger partial charge on any atom is 0.335 e. The number of hydrogen-bond acceptors (Lipinski definition) is 1. The van der Waals surface area contributed by atoms with Gasteiger partial charge in [0.1, 0.15) is 0 Å². The quantitative estimate of drug-likeness (QED) is 0.381. The standard InChI is InChI=1S/C11H14O2.C11H16.C10H14/c1-3-8(2)9-4-6-10(7-5-9)11(12)13;1-4-10(3)11-7-5-9(2)6-8-11;1-3-9(2)10-7-5-4-6-8-10/h4-8H,3H2,1-2H3,(H,12,13);5-8,10H,4H2,1-3H3;4-9H,3H2,1-2H3. The molecule has 0 heterocycles. The van der Waals surface area contributed by atoms with Crippen LogP contribution in [0.1, 0.15) is 111 Å². The number of rotatable bonds is 7. The normalized spacial score (nSPS) is 12.8. The van der Waals surface area contributed by atoms with Crippen molar-refractivity contribution in [3.63, 3.8) is 0 Å². The molecule has 0 fully saturated rings. The van der Waals surface area contributed by atoms with E-state index >= 15 is 0 Å². The third-order valence-corrected chi connectivity index (χ3v) is 6.58. The van der Waals surface area contributed by atoms with Crippen LogP contribution in [0.25, 0.3) is 0 Å². The van der Waals surface area contributed by atoms with Gasteiger partial charge in [-0.05, 0) is 72.8 Å². The monoisotopic (exact) mass is 460 g/mol. The van der Waals surface area contributed by atoms with Gasteiger partial charge in [-0.1, -0.05) is 114 Å². The van der Waals surface area contributed by atoms with Crippen LogP contribution in [0.3, 0.4) is 0 Å². The van der Waals surface area contributed by atoms with Crippen molar-refractivity contribution in [2.24, 2.45) is 0 Å². The number of hydrogen-bond donors (Lipinski definition) is 1. The summed E-state index contributed by atoms with van der Waals surface area (Å²) in [6, 6.07) is 26.5. The molecule has 0 aliphatic rings. The summed E-state index contributed by atoms with van der Waals surface area (Å²) in [6.45, 7) is 15.4. The molecule has 0 spiro atoms. The molecule has 2 nitrogen and oxygen atoms in total. The summed E-state index contributed by atoms with van der Waals surface area (Å²) < 4.78 is 0. The third kappa shape index (κ3) is 10.4. The van der Waals surface area contributed by atoms with Crippen molar-refractivity contribution in [2.75, 3.05) is 0 Å². The van der Waals surface area contributed by atoms with E-state index in [0.29, 0.717) is 23.3 Å². The molecule has 3 aromatic rings. The molecular weight excluding hydrogens is 416 g/mol. The molecule has 2 heteroatoms. The molecule has 0 saturated heterocycles. The number of aryl methyl sites for hydroxylation is 1. The predicted molar refractivity (Wildman–Crippen MR) is 147 cm³/mol. The van der Waals surface area contributed by atoms with E-state index in [1.807, 2.05) is 12.1 Å². The van der Waals surface area contributed by atoms with Gasteiger partial charge in [0.05, 0.1) is 5.56 Å². The fourth-order valence-electron chi connectivity index (χ4n) is 3.34. The first-order chi connectivity index (χ1) is 16.2. The van der Waals surface area contributed by atoms with Crippen molar-refractivity contribution in [1.29, 1.82) is 0 Å². The number of carboxylic acids is 1. The molecule has 3 atom stereocenters. The highest BCUT2D eigenvalue weighted by Gasteiger charge is 2.05. The van der Waals surface area contributed by atoms with E-state index in [1.165, 1.54) is 35.1 Å². The summed E-state index contributed by atoms with van der Waals surface area (Å²) in [6.07, 6.45) is 3.53. The second-order valence-electron chi connectivity index (χ2n) is 9.18. The maximum atomic E-state index is 10.6. The van der Waals surface area contributed by atoms with E-state index in [9.17, 15) is 4.79 Å². The van der Waals surface area contributed by atoms with Gasteiger partial charge in [-0.15, -0.1) is 0 Å². The second kappa shape index (κ2) is 15.9. The Morgan fingerprint density at radius 3 is 1.32 bits per heavy atom. The van der Waals surface area contributed by atoms with Crippen LogP contribution in [0.2, 0.25) is 0 Å². The molecule has 0 aliphatic carbocycles. The molecular formula is C32H44O2. The van der Waals surface area contributed by atoms with Crippen LogP contribution < -0.4 is 0 Å². The van der Waals surface area contributed by atoms with Crippen LogP contribution in [0.15, 0.2) is 78.9 Å². The average Bonchev–Trinajstić information content (AvgIpc) is 2.89. The molecule has 3 rings (SSSR count). The third-order valence-electron chi connectivity index (χ3n) is 6.58. The Kier molecular flexibility index (Phi) is 13.6. The summed E-state index contributed by atoms with van der Waals surface area (Å²) in [7, 11) is 0. The molecule has 0 aromatic heterocycles. The molecule has 0 amide bonds. The zero-order chi connectivity index (χ0) is 25.5. The molecule has 0 aliphatic heterocycles. The highest BCUT2D eigenvalue weighted by Crippen LogP contribution is 2.19. The summed E-state index contributed by atoms with van der Waals surface area (Å²) >= 11 is 0. The number of carbonyl (C=O) groups is 1. The first-order valence-corrected chi connectivity index (χ1v) is 12.7. The Bertz CT molecular complexity index is 927. The van der Waals surface area contributed by atoms with Gasteiger partial charge < -0.3 is 5.11 Å². The van der Waals surface area contributed by atoms with Crippen molar-refractivity contribution in [3.8, 4) is 0 Å². The van der Waals surface area contributed by atoms with E-state index in [4.69, 9.17) is 5.11 Å². The van der Waals surface area contributed by atoms with Gasteiger partial charge in [0.15, 0.2) is 0 Å². The molecule has 3 unspecified atom stereocenters. The Balaban J connectivity index is 0.000000257. The van der Waals surface area contributed by atoms with E-state index in [-0.39, 0.29) is 0 Å².